The van der Waals surface area contributed by atoms with Gasteiger partial charge >= 0.3 is 6.09 Å². The maximum atomic E-state index is 12.6. The summed E-state index contributed by atoms with van der Waals surface area (Å²) in [6.07, 6.45) is 3.14. The van der Waals surface area contributed by atoms with E-state index in [9.17, 15) is 4.79 Å². The quantitative estimate of drug-likeness (QED) is 0.461. The van der Waals surface area contributed by atoms with Gasteiger partial charge in [-0.25, -0.2) is 4.79 Å². The summed E-state index contributed by atoms with van der Waals surface area (Å²) >= 11 is 0. The van der Waals surface area contributed by atoms with Crippen molar-refractivity contribution in [1.82, 2.24) is 5.32 Å². The number of benzene rings is 2. The zero-order valence-electron chi connectivity index (χ0n) is 22.4. The van der Waals surface area contributed by atoms with Crippen molar-refractivity contribution in [3.63, 3.8) is 0 Å². The molecule has 2 aliphatic carbocycles. The molecular weight excluding hydrogens is 452 g/mol. The minimum atomic E-state index is -0.540. The molecule has 196 valence electrons. The zero-order chi connectivity index (χ0) is 25.9. The van der Waals surface area contributed by atoms with Gasteiger partial charge in [0.1, 0.15) is 5.60 Å². The highest BCUT2D eigenvalue weighted by atomic mass is 16.6. The van der Waals surface area contributed by atoms with Gasteiger partial charge in [-0.1, -0.05) is 42.5 Å². The molecule has 4 rings (SSSR count). The van der Waals surface area contributed by atoms with Gasteiger partial charge in [0.2, 0.25) is 0 Å². The van der Waals surface area contributed by atoms with E-state index in [4.69, 9.17) is 19.9 Å². The zero-order valence-corrected chi connectivity index (χ0v) is 22.4. The number of hydrogen-bond donors (Lipinski definition) is 2. The number of ether oxygens (including phenoxy) is 3. The predicted molar refractivity (Wildman–Crippen MR) is 142 cm³/mol. The summed E-state index contributed by atoms with van der Waals surface area (Å²) in [5.41, 5.74) is 12.2. The minimum absolute atomic E-state index is 0.0409. The lowest BCUT2D eigenvalue weighted by molar-refractivity contribution is 0.0315. The molecule has 0 radical (unpaired) electrons. The molecule has 6 nitrogen and oxygen atoms in total. The molecule has 2 aromatic rings. The molecule has 0 fully saturated rings. The standard InChI is InChI=1S/C30H42N2O4/c1-6-34-26-15-14-25(32-29(33)36-30(3,4)5)24-17-19(12-13-22(24)26)16-20-18-27(35-7-2)21-10-8-9-11-23(21)28(20)31/h8-13,17,20,25-28H,6-7,14-16,18,31H2,1-5H3,(H,32,33)/t20?,25-,26-,27-,28-/m0/s1. The number of amides is 1. The summed E-state index contributed by atoms with van der Waals surface area (Å²) in [6.45, 7) is 11.0. The number of fused-ring (bicyclic) bond motifs is 2. The molecule has 0 heterocycles. The van der Waals surface area contributed by atoms with Crippen molar-refractivity contribution in [2.75, 3.05) is 13.2 Å². The van der Waals surface area contributed by atoms with Crippen LogP contribution in [0.2, 0.25) is 0 Å². The third-order valence-corrected chi connectivity index (χ3v) is 7.24. The van der Waals surface area contributed by atoms with E-state index in [1.54, 1.807) is 0 Å². The van der Waals surface area contributed by atoms with Crippen LogP contribution < -0.4 is 11.1 Å². The molecule has 6 heteroatoms. The Morgan fingerprint density at radius 2 is 1.61 bits per heavy atom. The van der Waals surface area contributed by atoms with Gasteiger partial charge < -0.3 is 25.3 Å². The van der Waals surface area contributed by atoms with E-state index in [0.717, 1.165) is 36.8 Å². The summed E-state index contributed by atoms with van der Waals surface area (Å²) in [4.78, 5) is 12.6. The number of carbonyl (C=O) groups excluding carboxylic acids is 1. The van der Waals surface area contributed by atoms with Crippen LogP contribution in [0, 0.1) is 5.92 Å². The van der Waals surface area contributed by atoms with E-state index in [1.165, 1.54) is 16.7 Å². The van der Waals surface area contributed by atoms with Crippen LogP contribution in [-0.2, 0) is 20.6 Å². The maximum absolute atomic E-state index is 12.6. The lowest BCUT2D eigenvalue weighted by atomic mass is 9.75. The fourth-order valence-electron chi connectivity index (χ4n) is 5.73. The van der Waals surface area contributed by atoms with Gasteiger partial charge in [0, 0.05) is 19.3 Å². The Bertz CT molecular complexity index is 1050. The largest absolute Gasteiger partial charge is 0.444 e. The highest BCUT2D eigenvalue weighted by Crippen LogP contribution is 2.43. The molecule has 0 saturated carbocycles. The minimum Gasteiger partial charge on any atom is -0.444 e. The number of nitrogens with one attached hydrogen (secondary N) is 1. The second-order valence-electron chi connectivity index (χ2n) is 11.0. The molecule has 2 aliphatic rings. The predicted octanol–water partition coefficient (Wildman–Crippen LogP) is 6.46. The Morgan fingerprint density at radius 3 is 2.31 bits per heavy atom. The van der Waals surface area contributed by atoms with E-state index in [2.05, 4.69) is 47.8 Å². The van der Waals surface area contributed by atoms with Crippen LogP contribution in [0.15, 0.2) is 42.5 Å². The molecule has 0 bridgehead atoms. The van der Waals surface area contributed by atoms with Crippen molar-refractivity contribution < 1.29 is 19.0 Å². The van der Waals surface area contributed by atoms with Gasteiger partial charge in [0.05, 0.1) is 18.2 Å². The van der Waals surface area contributed by atoms with E-state index in [-0.39, 0.29) is 36.3 Å². The average Bonchev–Trinajstić information content (AvgIpc) is 2.82. The molecule has 0 spiro atoms. The van der Waals surface area contributed by atoms with Crippen molar-refractivity contribution in [2.45, 2.75) is 90.2 Å². The number of rotatable bonds is 7. The summed E-state index contributed by atoms with van der Waals surface area (Å²) in [5.74, 6) is 0.262. The van der Waals surface area contributed by atoms with Crippen molar-refractivity contribution in [2.24, 2.45) is 11.7 Å². The Hall–Kier alpha value is -2.41. The van der Waals surface area contributed by atoms with Crippen molar-refractivity contribution in [3.05, 3.63) is 70.3 Å². The first-order valence-electron chi connectivity index (χ1n) is 13.4. The topological polar surface area (TPSA) is 82.8 Å². The normalized spacial score (nSPS) is 25.6. The number of alkyl carbamates (subject to hydrolysis) is 1. The summed E-state index contributed by atoms with van der Waals surface area (Å²) < 4.78 is 17.7. The van der Waals surface area contributed by atoms with Crippen molar-refractivity contribution >= 4 is 6.09 Å². The highest BCUT2D eigenvalue weighted by molar-refractivity contribution is 5.68. The van der Waals surface area contributed by atoms with Gasteiger partial charge in [-0.05, 0) is 94.0 Å². The van der Waals surface area contributed by atoms with E-state index in [0.29, 0.717) is 13.2 Å². The molecule has 36 heavy (non-hydrogen) atoms. The number of carbonyl (C=O) groups is 1. The first-order valence-corrected chi connectivity index (χ1v) is 13.4. The third-order valence-electron chi connectivity index (χ3n) is 7.24. The molecule has 1 amide bonds. The molecule has 1 unspecified atom stereocenters. The summed E-state index contributed by atoms with van der Waals surface area (Å²) in [5, 5.41) is 3.11. The van der Waals surface area contributed by atoms with Crippen molar-refractivity contribution in [3.8, 4) is 0 Å². The number of hydrogen-bond acceptors (Lipinski definition) is 5. The number of nitrogens with two attached hydrogens (primary N) is 1. The van der Waals surface area contributed by atoms with Crippen LogP contribution in [0.5, 0.6) is 0 Å². The molecule has 5 atom stereocenters. The fourth-order valence-corrected chi connectivity index (χ4v) is 5.73. The average molecular weight is 495 g/mol. The molecule has 0 saturated heterocycles. The van der Waals surface area contributed by atoms with Gasteiger partial charge in [0.15, 0.2) is 0 Å². The summed E-state index contributed by atoms with van der Waals surface area (Å²) in [6, 6.07) is 14.9. The fraction of sp³-hybridized carbons (Fsp3) is 0.567. The molecule has 0 aliphatic heterocycles. The Kier molecular flexibility index (Phi) is 8.38. The van der Waals surface area contributed by atoms with Gasteiger partial charge in [0.25, 0.3) is 0 Å². The van der Waals surface area contributed by atoms with E-state index < -0.39 is 5.60 Å². The van der Waals surface area contributed by atoms with Crippen LogP contribution in [0.4, 0.5) is 4.79 Å². The van der Waals surface area contributed by atoms with Crippen LogP contribution in [0.3, 0.4) is 0 Å². The first-order chi connectivity index (χ1) is 17.2. The SMILES string of the molecule is CCO[C@H]1CC[C@H](NC(=O)OC(C)(C)C)c2cc(CC3C[C@H](OCC)c4ccccc4[C@H]3N)ccc21. The van der Waals surface area contributed by atoms with Crippen LogP contribution in [0.1, 0.15) is 106 Å². The van der Waals surface area contributed by atoms with Gasteiger partial charge in [-0.3, -0.25) is 0 Å². The lowest BCUT2D eigenvalue weighted by Crippen LogP contribution is -2.37. The molecule has 2 aromatic carbocycles. The van der Waals surface area contributed by atoms with E-state index >= 15 is 0 Å². The monoisotopic (exact) mass is 494 g/mol. The van der Waals surface area contributed by atoms with E-state index in [1.807, 2.05) is 34.6 Å². The first kappa shape index (κ1) is 26.6. The van der Waals surface area contributed by atoms with Gasteiger partial charge in [-0.15, -0.1) is 0 Å². The van der Waals surface area contributed by atoms with Crippen LogP contribution >= 0.6 is 0 Å². The molecule has 3 N–H and O–H groups in total. The Labute approximate surface area is 215 Å². The Morgan fingerprint density at radius 1 is 0.944 bits per heavy atom. The molecule has 0 aromatic heterocycles. The highest BCUT2D eigenvalue weighted by Gasteiger charge is 2.34. The van der Waals surface area contributed by atoms with Crippen molar-refractivity contribution in [1.29, 1.82) is 0 Å². The third kappa shape index (κ3) is 6.10. The molecular formula is C30H42N2O4. The maximum Gasteiger partial charge on any atom is 0.408 e. The second kappa shape index (κ2) is 11.3. The van der Waals surface area contributed by atoms with Gasteiger partial charge in [-0.2, -0.15) is 0 Å². The van der Waals surface area contributed by atoms with Crippen LogP contribution in [0.25, 0.3) is 0 Å². The lowest BCUT2D eigenvalue weighted by Gasteiger charge is -2.37. The van der Waals surface area contributed by atoms with Crippen LogP contribution in [-0.4, -0.2) is 24.9 Å². The smallest absolute Gasteiger partial charge is 0.408 e. The summed E-state index contributed by atoms with van der Waals surface area (Å²) in [7, 11) is 0. The second-order valence-corrected chi connectivity index (χ2v) is 11.0. The Balaban J connectivity index is 1.59.